The number of fused-ring (bicyclic) bond motifs is 1. The van der Waals surface area contributed by atoms with Gasteiger partial charge in [-0.1, -0.05) is 23.4 Å². The molecule has 2 N–H and O–H groups in total. The molecule has 3 aromatic heterocycles. The van der Waals surface area contributed by atoms with Gasteiger partial charge in [0.2, 0.25) is 5.82 Å². The lowest BCUT2D eigenvalue weighted by Gasteiger charge is -2.01. The van der Waals surface area contributed by atoms with Crippen LogP contribution >= 0.6 is 0 Å². The average molecular weight is 319 g/mol. The molecule has 118 valence electrons. The maximum Gasteiger partial charge on any atom is 0.316 e. The third kappa shape index (κ3) is 2.63. The van der Waals surface area contributed by atoms with Crippen LogP contribution in [0.5, 0.6) is 0 Å². The van der Waals surface area contributed by atoms with Crippen LogP contribution in [0, 0.1) is 0 Å². The second kappa shape index (κ2) is 5.96. The van der Waals surface area contributed by atoms with Crippen molar-refractivity contribution in [3.63, 3.8) is 0 Å². The van der Waals surface area contributed by atoms with Crippen molar-refractivity contribution in [2.24, 2.45) is 0 Å². The molecule has 0 fully saturated rings. The molecular formula is C17H13N5O2. The number of aromatic amines is 1. The summed E-state index contributed by atoms with van der Waals surface area (Å²) in [7, 11) is 0. The number of nitrogens with one attached hydrogen (secondary N) is 2. The molecule has 7 heteroatoms. The Labute approximate surface area is 136 Å². The van der Waals surface area contributed by atoms with E-state index in [1.54, 1.807) is 12.4 Å². The quantitative estimate of drug-likeness (QED) is 0.602. The van der Waals surface area contributed by atoms with Gasteiger partial charge in [0.1, 0.15) is 0 Å². The smallest absolute Gasteiger partial charge is 0.316 e. The van der Waals surface area contributed by atoms with Crippen LogP contribution in [0.1, 0.15) is 16.2 Å². The number of H-pyrrole nitrogens is 1. The number of carbonyl (C=O) groups is 1. The van der Waals surface area contributed by atoms with Crippen LogP contribution in [0.15, 0.2) is 59.5 Å². The molecule has 1 aromatic carbocycles. The second-order valence-corrected chi connectivity index (χ2v) is 5.21. The molecule has 4 rings (SSSR count). The number of rotatable bonds is 4. The molecule has 0 radical (unpaired) electrons. The van der Waals surface area contributed by atoms with Gasteiger partial charge in [-0.15, -0.1) is 0 Å². The summed E-state index contributed by atoms with van der Waals surface area (Å²) in [6.45, 7) is 0.345. The lowest BCUT2D eigenvalue weighted by Crippen LogP contribution is -2.23. The van der Waals surface area contributed by atoms with E-state index in [-0.39, 0.29) is 5.89 Å². The van der Waals surface area contributed by atoms with Crippen LogP contribution in [0.25, 0.3) is 22.3 Å². The minimum absolute atomic E-state index is 0.0681. The maximum atomic E-state index is 12.1. The molecule has 0 unspecified atom stereocenters. The van der Waals surface area contributed by atoms with E-state index in [1.807, 2.05) is 42.6 Å². The highest BCUT2D eigenvalue weighted by Gasteiger charge is 2.17. The number of hydrogen-bond acceptors (Lipinski definition) is 5. The molecule has 0 aliphatic rings. The molecular weight excluding hydrogens is 306 g/mol. The van der Waals surface area contributed by atoms with Gasteiger partial charge in [-0.25, -0.2) is 0 Å². The normalized spacial score (nSPS) is 10.8. The first kappa shape index (κ1) is 14.1. The number of pyridine rings is 1. The van der Waals surface area contributed by atoms with Crippen LogP contribution in [-0.2, 0) is 6.54 Å². The first-order chi connectivity index (χ1) is 11.8. The molecule has 0 bridgehead atoms. The Hall–Kier alpha value is -3.48. The topological polar surface area (TPSA) is 96.7 Å². The number of amides is 1. The number of benzene rings is 1. The van der Waals surface area contributed by atoms with Crippen molar-refractivity contribution < 1.29 is 9.32 Å². The predicted molar refractivity (Wildman–Crippen MR) is 87.0 cm³/mol. The van der Waals surface area contributed by atoms with E-state index in [0.29, 0.717) is 12.4 Å². The molecule has 0 aliphatic carbocycles. The molecule has 0 atom stereocenters. The molecule has 1 amide bonds. The number of carbonyl (C=O) groups excluding carboxylic acids is 1. The van der Waals surface area contributed by atoms with Crippen molar-refractivity contribution >= 4 is 16.8 Å². The van der Waals surface area contributed by atoms with Gasteiger partial charge in [-0.05, 0) is 23.8 Å². The van der Waals surface area contributed by atoms with Crippen molar-refractivity contribution in [3.8, 4) is 11.4 Å². The molecule has 0 aliphatic heterocycles. The van der Waals surface area contributed by atoms with E-state index in [9.17, 15) is 4.79 Å². The van der Waals surface area contributed by atoms with Gasteiger partial charge in [0.05, 0.1) is 0 Å². The third-order valence-corrected chi connectivity index (χ3v) is 3.63. The van der Waals surface area contributed by atoms with Gasteiger partial charge in [-0.2, -0.15) is 4.98 Å². The lowest BCUT2D eigenvalue weighted by atomic mass is 10.1. The molecule has 0 saturated heterocycles. The van der Waals surface area contributed by atoms with Gasteiger partial charge < -0.3 is 14.8 Å². The zero-order chi connectivity index (χ0) is 16.4. The summed E-state index contributed by atoms with van der Waals surface area (Å²) < 4.78 is 5.10. The van der Waals surface area contributed by atoms with Crippen LogP contribution in [-0.4, -0.2) is 26.0 Å². The summed E-state index contributed by atoms with van der Waals surface area (Å²) in [6, 6.07) is 11.4. The fraction of sp³-hybridized carbons (Fsp3) is 0.0588. The van der Waals surface area contributed by atoms with E-state index < -0.39 is 5.91 Å². The average Bonchev–Trinajstić information content (AvgIpc) is 3.29. The highest BCUT2D eigenvalue weighted by molar-refractivity contribution is 5.94. The van der Waals surface area contributed by atoms with Gasteiger partial charge in [0, 0.05) is 41.6 Å². The van der Waals surface area contributed by atoms with Crippen molar-refractivity contribution in [2.75, 3.05) is 0 Å². The van der Waals surface area contributed by atoms with Crippen molar-refractivity contribution in [1.82, 2.24) is 25.4 Å². The van der Waals surface area contributed by atoms with Gasteiger partial charge in [0.25, 0.3) is 0 Å². The lowest BCUT2D eigenvalue weighted by molar-refractivity contribution is 0.0907. The van der Waals surface area contributed by atoms with Crippen LogP contribution < -0.4 is 5.32 Å². The zero-order valence-corrected chi connectivity index (χ0v) is 12.6. The maximum absolute atomic E-state index is 12.1. The number of nitrogens with zero attached hydrogens (tertiary/aromatic N) is 3. The van der Waals surface area contributed by atoms with E-state index in [4.69, 9.17) is 4.52 Å². The molecule has 4 aromatic rings. The first-order valence-electron chi connectivity index (χ1n) is 7.38. The van der Waals surface area contributed by atoms with Crippen molar-refractivity contribution in [1.29, 1.82) is 0 Å². The van der Waals surface area contributed by atoms with Crippen LogP contribution in [0.2, 0.25) is 0 Å². The number of hydrogen-bond donors (Lipinski definition) is 2. The van der Waals surface area contributed by atoms with Gasteiger partial charge in [-0.3, -0.25) is 9.78 Å². The molecule has 24 heavy (non-hydrogen) atoms. The molecule has 3 heterocycles. The fourth-order valence-corrected chi connectivity index (χ4v) is 2.47. The summed E-state index contributed by atoms with van der Waals surface area (Å²) in [5.41, 5.74) is 2.67. The van der Waals surface area contributed by atoms with E-state index in [2.05, 4.69) is 25.4 Å². The van der Waals surface area contributed by atoms with Crippen LogP contribution in [0.3, 0.4) is 0 Å². The summed E-state index contributed by atoms with van der Waals surface area (Å²) in [6.07, 6.45) is 5.21. The molecule has 0 spiro atoms. The van der Waals surface area contributed by atoms with Crippen LogP contribution in [0.4, 0.5) is 0 Å². The van der Waals surface area contributed by atoms with E-state index >= 15 is 0 Å². The monoisotopic (exact) mass is 319 g/mol. The summed E-state index contributed by atoms with van der Waals surface area (Å²) in [5, 5.41) is 7.62. The summed E-state index contributed by atoms with van der Waals surface area (Å²) >= 11 is 0. The minimum atomic E-state index is -0.418. The minimum Gasteiger partial charge on any atom is -0.361 e. The summed E-state index contributed by atoms with van der Waals surface area (Å²) in [4.78, 5) is 23.5. The predicted octanol–water partition coefficient (Wildman–Crippen LogP) is 2.54. The Morgan fingerprint density at radius 3 is 3.04 bits per heavy atom. The van der Waals surface area contributed by atoms with Crippen molar-refractivity contribution in [2.45, 2.75) is 6.54 Å². The Balaban J connectivity index is 1.54. The largest absolute Gasteiger partial charge is 0.361 e. The molecule has 7 nitrogen and oxygen atoms in total. The Bertz CT molecular complexity index is 990. The fourth-order valence-electron chi connectivity index (χ4n) is 2.47. The SMILES string of the molecule is O=C(NCc1cccnc1)c1nc(-c2cccc3[nH]ccc23)no1. The zero-order valence-electron chi connectivity index (χ0n) is 12.6. The first-order valence-corrected chi connectivity index (χ1v) is 7.38. The van der Waals surface area contributed by atoms with E-state index in [0.717, 1.165) is 22.0 Å². The number of aromatic nitrogens is 4. The Morgan fingerprint density at radius 2 is 2.17 bits per heavy atom. The van der Waals surface area contributed by atoms with E-state index in [1.165, 1.54) is 0 Å². The van der Waals surface area contributed by atoms with Crippen molar-refractivity contribution in [3.05, 3.63) is 66.4 Å². The Morgan fingerprint density at radius 1 is 1.21 bits per heavy atom. The second-order valence-electron chi connectivity index (χ2n) is 5.21. The highest BCUT2D eigenvalue weighted by Crippen LogP contribution is 2.25. The van der Waals surface area contributed by atoms with Gasteiger partial charge in [0.15, 0.2) is 0 Å². The highest BCUT2D eigenvalue weighted by atomic mass is 16.5. The van der Waals surface area contributed by atoms with Gasteiger partial charge >= 0.3 is 11.8 Å². The third-order valence-electron chi connectivity index (χ3n) is 3.63. The standard InChI is InChI=1S/C17H13N5O2/c23-16(20-10-11-3-2-7-18-9-11)17-21-15(22-24-17)13-4-1-5-14-12(13)6-8-19-14/h1-9,19H,10H2,(H,20,23). The summed E-state index contributed by atoms with van der Waals surface area (Å²) in [5.74, 6) is -0.105. The molecule has 0 saturated carbocycles. The Kier molecular flexibility index (Phi) is 3.51.